The highest BCUT2D eigenvalue weighted by atomic mass is 19.1. The zero-order valence-electron chi connectivity index (χ0n) is 15.0. The lowest BCUT2D eigenvalue weighted by Gasteiger charge is -2.12. The molecule has 0 spiro atoms. The average molecular weight is 378 g/mol. The zero-order chi connectivity index (χ0) is 19.8. The van der Waals surface area contributed by atoms with Gasteiger partial charge in [0.15, 0.2) is 5.75 Å². The number of amides is 2. The minimum atomic E-state index is -0.498. The number of rotatable bonds is 7. The van der Waals surface area contributed by atoms with Crippen LogP contribution in [-0.4, -0.2) is 11.8 Å². The van der Waals surface area contributed by atoms with Crippen LogP contribution in [0.3, 0.4) is 0 Å². The van der Waals surface area contributed by atoms with Crippen LogP contribution in [0.1, 0.15) is 12.0 Å². The predicted molar refractivity (Wildman–Crippen MR) is 104 cm³/mol. The maximum Gasteiger partial charge on any atom is 0.233 e. The van der Waals surface area contributed by atoms with E-state index in [0.29, 0.717) is 22.7 Å². The van der Waals surface area contributed by atoms with E-state index in [1.807, 2.05) is 18.2 Å². The fourth-order valence-electron chi connectivity index (χ4n) is 2.51. The first-order chi connectivity index (χ1) is 13.6. The van der Waals surface area contributed by atoms with Crippen molar-refractivity contribution in [2.75, 3.05) is 5.32 Å². The Hall–Kier alpha value is -3.67. The minimum Gasteiger partial charge on any atom is -0.455 e. The fourth-order valence-corrected chi connectivity index (χ4v) is 2.51. The second kappa shape index (κ2) is 9.32. The number of hydrogen-bond acceptors (Lipinski definition) is 3. The number of carbonyl (C=O) groups is 2. The minimum absolute atomic E-state index is 0.0203. The van der Waals surface area contributed by atoms with E-state index >= 15 is 0 Å². The highest BCUT2D eigenvalue weighted by molar-refractivity contribution is 6.04. The molecule has 142 valence electrons. The molecule has 5 nitrogen and oxygen atoms in total. The van der Waals surface area contributed by atoms with Crippen LogP contribution in [0, 0.1) is 5.82 Å². The van der Waals surface area contributed by atoms with Crippen LogP contribution >= 0.6 is 0 Å². The second-order valence-corrected chi connectivity index (χ2v) is 6.00. The molecule has 0 saturated carbocycles. The van der Waals surface area contributed by atoms with Gasteiger partial charge < -0.3 is 15.4 Å². The largest absolute Gasteiger partial charge is 0.455 e. The Morgan fingerprint density at radius 2 is 1.50 bits per heavy atom. The molecule has 0 aliphatic heterocycles. The third-order valence-corrected chi connectivity index (χ3v) is 3.89. The van der Waals surface area contributed by atoms with Gasteiger partial charge in [0.05, 0.1) is 5.69 Å². The van der Waals surface area contributed by atoms with Crippen LogP contribution in [0.2, 0.25) is 0 Å². The normalized spacial score (nSPS) is 10.2. The van der Waals surface area contributed by atoms with Gasteiger partial charge in [-0.3, -0.25) is 9.59 Å². The van der Waals surface area contributed by atoms with Crippen LogP contribution in [0.25, 0.3) is 0 Å². The summed E-state index contributed by atoms with van der Waals surface area (Å²) in [5.74, 6) is -0.294. The SMILES string of the molecule is O=C(CC(=O)Nc1ccccc1Oc1ccccc1)NCc1ccccc1F. The Balaban J connectivity index is 1.56. The molecule has 2 amide bonds. The molecule has 0 saturated heterocycles. The van der Waals surface area contributed by atoms with Crippen molar-refractivity contribution in [3.63, 3.8) is 0 Å². The molecule has 6 heteroatoms. The first-order valence-electron chi connectivity index (χ1n) is 8.74. The quantitative estimate of drug-likeness (QED) is 0.604. The zero-order valence-corrected chi connectivity index (χ0v) is 15.0. The summed E-state index contributed by atoms with van der Waals surface area (Å²) in [6.45, 7) is 0.0203. The van der Waals surface area contributed by atoms with Gasteiger partial charge in [0, 0.05) is 12.1 Å². The Morgan fingerprint density at radius 1 is 0.821 bits per heavy atom. The lowest BCUT2D eigenvalue weighted by molar-refractivity contribution is -0.126. The van der Waals surface area contributed by atoms with Gasteiger partial charge in [0.2, 0.25) is 11.8 Å². The number of carbonyl (C=O) groups excluding carboxylic acids is 2. The van der Waals surface area contributed by atoms with E-state index < -0.39 is 17.6 Å². The monoisotopic (exact) mass is 378 g/mol. The van der Waals surface area contributed by atoms with Gasteiger partial charge in [-0.2, -0.15) is 0 Å². The molecule has 3 rings (SSSR count). The average Bonchev–Trinajstić information content (AvgIpc) is 2.69. The summed E-state index contributed by atoms with van der Waals surface area (Å²) in [5, 5.41) is 5.21. The summed E-state index contributed by atoms with van der Waals surface area (Å²) in [6, 6.07) is 22.3. The molecule has 2 N–H and O–H groups in total. The summed E-state index contributed by atoms with van der Waals surface area (Å²) in [4.78, 5) is 24.2. The van der Waals surface area contributed by atoms with Gasteiger partial charge in [-0.25, -0.2) is 4.39 Å². The van der Waals surface area contributed by atoms with E-state index in [-0.39, 0.29) is 13.0 Å². The predicted octanol–water partition coefficient (Wildman–Crippen LogP) is 4.26. The Labute approximate surface area is 162 Å². The molecule has 0 bridgehead atoms. The van der Waals surface area contributed by atoms with Crippen LogP contribution in [0.5, 0.6) is 11.5 Å². The molecule has 0 fully saturated rings. The molecule has 0 atom stereocenters. The topological polar surface area (TPSA) is 67.4 Å². The highest BCUT2D eigenvalue weighted by Gasteiger charge is 2.13. The van der Waals surface area contributed by atoms with Crippen molar-refractivity contribution < 1.29 is 18.7 Å². The maximum absolute atomic E-state index is 13.6. The van der Waals surface area contributed by atoms with Crippen molar-refractivity contribution in [1.29, 1.82) is 0 Å². The molecule has 0 unspecified atom stereocenters. The molecule has 0 aliphatic rings. The molecule has 28 heavy (non-hydrogen) atoms. The van der Waals surface area contributed by atoms with Crippen molar-refractivity contribution in [3.8, 4) is 11.5 Å². The molecule has 0 heterocycles. The van der Waals surface area contributed by atoms with Gasteiger partial charge in [0.25, 0.3) is 0 Å². The van der Waals surface area contributed by atoms with Gasteiger partial charge >= 0.3 is 0 Å². The van der Waals surface area contributed by atoms with Crippen molar-refractivity contribution in [2.24, 2.45) is 0 Å². The van der Waals surface area contributed by atoms with E-state index in [0.717, 1.165) is 0 Å². The van der Waals surface area contributed by atoms with E-state index in [1.54, 1.807) is 54.6 Å². The molecule has 3 aromatic carbocycles. The van der Waals surface area contributed by atoms with E-state index in [1.165, 1.54) is 6.07 Å². The summed E-state index contributed by atoms with van der Waals surface area (Å²) in [7, 11) is 0. The third kappa shape index (κ3) is 5.41. The molecule has 0 radical (unpaired) electrons. The smallest absolute Gasteiger partial charge is 0.233 e. The van der Waals surface area contributed by atoms with E-state index in [9.17, 15) is 14.0 Å². The van der Waals surface area contributed by atoms with Gasteiger partial charge in [-0.15, -0.1) is 0 Å². The number of hydrogen-bond donors (Lipinski definition) is 2. The number of ether oxygens (including phenoxy) is 1. The molecule has 0 aliphatic carbocycles. The summed E-state index contributed by atoms with van der Waals surface area (Å²) in [6.07, 6.45) is -0.381. The van der Waals surface area contributed by atoms with Gasteiger partial charge in [-0.1, -0.05) is 48.5 Å². The van der Waals surface area contributed by atoms with Crippen LogP contribution in [0.4, 0.5) is 10.1 Å². The first kappa shape index (κ1) is 19.1. The third-order valence-electron chi connectivity index (χ3n) is 3.89. The molecule has 0 aromatic heterocycles. The summed E-state index contributed by atoms with van der Waals surface area (Å²) in [5.41, 5.74) is 0.816. The van der Waals surface area contributed by atoms with Crippen LogP contribution < -0.4 is 15.4 Å². The lowest BCUT2D eigenvalue weighted by atomic mass is 10.2. The van der Waals surface area contributed by atoms with Crippen molar-refractivity contribution in [2.45, 2.75) is 13.0 Å². The summed E-state index contributed by atoms with van der Waals surface area (Å²) >= 11 is 0. The summed E-state index contributed by atoms with van der Waals surface area (Å²) < 4.78 is 19.3. The standard InChI is InChI=1S/C22H19FN2O3/c23-18-11-5-4-8-16(18)15-24-21(26)14-22(27)25-19-12-6-7-13-20(19)28-17-9-2-1-3-10-17/h1-13H,14-15H2,(H,24,26)(H,25,27). The van der Waals surface area contributed by atoms with E-state index in [4.69, 9.17) is 4.74 Å². The van der Waals surface area contributed by atoms with Crippen LogP contribution in [0.15, 0.2) is 78.9 Å². The number of anilines is 1. The Morgan fingerprint density at radius 3 is 2.29 bits per heavy atom. The Kier molecular flexibility index (Phi) is 6.36. The Bertz CT molecular complexity index is 961. The van der Waals surface area contributed by atoms with E-state index in [2.05, 4.69) is 10.6 Å². The van der Waals surface area contributed by atoms with Crippen LogP contribution in [-0.2, 0) is 16.1 Å². The number of benzene rings is 3. The fraction of sp³-hybridized carbons (Fsp3) is 0.0909. The second-order valence-electron chi connectivity index (χ2n) is 6.00. The highest BCUT2D eigenvalue weighted by Crippen LogP contribution is 2.29. The van der Waals surface area contributed by atoms with Crippen molar-refractivity contribution in [3.05, 3.63) is 90.2 Å². The van der Waals surface area contributed by atoms with Gasteiger partial charge in [0.1, 0.15) is 18.0 Å². The first-order valence-corrected chi connectivity index (χ1v) is 8.74. The lowest BCUT2D eigenvalue weighted by Crippen LogP contribution is -2.28. The molecule has 3 aromatic rings. The van der Waals surface area contributed by atoms with Gasteiger partial charge in [-0.05, 0) is 30.3 Å². The molecular formula is C22H19FN2O3. The number of nitrogens with one attached hydrogen (secondary N) is 2. The number of halogens is 1. The molecular weight excluding hydrogens is 359 g/mol. The van der Waals surface area contributed by atoms with Crippen molar-refractivity contribution >= 4 is 17.5 Å². The number of para-hydroxylation sites is 3. The maximum atomic E-state index is 13.6. The van der Waals surface area contributed by atoms with Crippen molar-refractivity contribution in [1.82, 2.24) is 5.32 Å².